The number of aliphatic hydroxyl groups is 1. The number of hydrogen-bond donors (Lipinski definition) is 2. The first-order chi connectivity index (χ1) is 7.00. The van der Waals surface area contributed by atoms with E-state index in [1.54, 1.807) is 0 Å². The van der Waals surface area contributed by atoms with Crippen molar-refractivity contribution in [2.24, 2.45) is 11.7 Å². The number of likely N-dealkylation sites (tertiary alicyclic amines) is 1. The van der Waals surface area contributed by atoms with Gasteiger partial charge >= 0.3 is 0 Å². The topological polar surface area (TPSA) is 49.5 Å². The third-order valence-electron chi connectivity index (χ3n) is 3.78. The second-order valence-corrected chi connectivity index (χ2v) is 5.24. The highest BCUT2D eigenvalue weighted by Crippen LogP contribution is 2.24. The zero-order valence-electron chi connectivity index (χ0n) is 10.4. The molecule has 0 spiro atoms. The van der Waals surface area contributed by atoms with E-state index < -0.39 is 5.60 Å². The first-order valence-electron chi connectivity index (χ1n) is 6.16. The second kappa shape index (κ2) is 5.28. The number of piperidine rings is 1. The number of rotatable bonds is 4. The van der Waals surface area contributed by atoms with Gasteiger partial charge in [-0.1, -0.05) is 13.8 Å². The third-order valence-corrected chi connectivity index (χ3v) is 3.78. The Morgan fingerprint density at radius 2 is 2.20 bits per heavy atom. The van der Waals surface area contributed by atoms with Crippen molar-refractivity contribution >= 4 is 0 Å². The summed E-state index contributed by atoms with van der Waals surface area (Å²) in [7, 11) is 0. The maximum atomic E-state index is 10.1. The van der Waals surface area contributed by atoms with Crippen molar-refractivity contribution in [3.05, 3.63) is 0 Å². The van der Waals surface area contributed by atoms with Crippen molar-refractivity contribution in [3.63, 3.8) is 0 Å². The molecule has 1 rings (SSSR count). The van der Waals surface area contributed by atoms with Crippen molar-refractivity contribution in [2.45, 2.75) is 51.7 Å². The normalized spacial score (nSPS) is 32.6. The van der Waals surface area contributed by atoms with E-state index in [1.807, 2.05) is 13.8 Å². The monoisotopic (exact) mass is 214 g/mol. The molecule has 3 unspecified atom stereocenters. The zero-order chi connectivity index (χ0) is 11.5. The molecule has 3 heteroatoms. The molecule has 0 aromatic carbocycles. The van der Waals surface area contributed by atoms with Gasteiger partial charge in [-0.05, 0) is 38.6 Å². The van der Waals surface area contributed by atoms with E-state index >= 15 is 0 Å². The molecule has 3 nitrogen and oxygen atoms in total. The third kappa shape index (κ3) is 3.44. The first kappa shape index (κ1) is 12.9. The van der Waals surface area contributed by atoms with Gasteiger partial charge in [0.1, 0.15) is 0 Å². The number of hydrogen-bond acceptors (Lipinski definition) is 3. The van der Waals surface area contributed by atoms with Crippen molar-refractivity contribution in [2.75, 3.05) is 19.6 Å². The Labute approximate surface area is 93.6 Å². The minimum atomic E-state index is -0.565. The minimum absolute atomic E-state index is 0.455. The summed E-state index contributed by atoms with van der Waals surface area (Å²) in [5.41, 5.74) is 5.26. The summed E-state index contributed by atoms with van der Waals surface area (Å²) in [6.45, 7) is 8.77. The maximum Gasteiger partial charge on any atom is 0.0743 e. The Morgan fingerprint density at radius 3 is 2.73 bits per heavy atom. The van der Waals surface area contributed by atoms with Crippen LogP contribution in [0.4, 0.5) is 0 Å². The average molecular weight is 214 g/mol. The standard InChI is InChI=1S/C12H26N2O/c1-4-12(3,15)9-14-7-5-6-10(2)11(14)8-13/h10-11,15H,4-9,13H2,1-3H3. The summed E-state index contributed by atoms with van der Waals surface area (Å²) in [4.78, 5) is 2.37. The average Bonchev–Trinajstić information content (AvgIpc) is 2.18. The lowest BCUT2D eigenvalue weighted by Crippen LogP contribution is -2.53. The highest BCUT2D eigenvalue weighted by molar-refractivity contribution is 4.87. The van der Waals surface area contributed by atoms with Gasteiger partial charge in [-0.3, -0.25) is 4.90 Å². The van der Waals surface area contributed by atoms with E-state index in [1.165, 1.54) is 12.8 Å². The predicted molar refractivity (Wildman–Crippen MR) is 63.7 cm³/mol. The Balaban J connectivity index is 2.58. The Bertz CT molecular complexity index is 194. The summed E-state index contributed by atoms with van der Waals surface area (Å²) < 4.78 is 0. The number of nitrogens with zero attached hydrogens (tertiary/aromatic N) is 1. The van der Waals surface area contributed by atoms with Crippen LogP contribution in [-0.4, -0.2) is 41.3 Å². The second-order valence-electron chi connectivity index (χ2n) is 5.24. The number of β-amino-alcohol motifs (C(OH)–C–C–N with tert-alkyl or cyclic N) is 1. The molecule has 3 N–H and O–H groups in total. The van der Waals surface area contributed by atoms with Gasteiger partial charge in [0.05, 0.1) is 5.60 Å². The van der Waals surface area contributed by atoms with Gasteiger partial charge in [-0.2, -0.15) is 0 Å². The SMILES string of the molecule is CCC(C)(O)CN1CCCC(C)C1CN. The van der Waals surface area contributed by atoms with Crippen LogP contribution in [0.1, 0.15) is 40.0 Å². The highest BCUT2D eigenvalue weighted by Gasteiger charge is 2.31. The van der Waals surface area contributed by atoms with Gasteiger partial charge in [0.25, 0.3) is 0 Å². The molecule has 0 aliphatic carbocycles. The molecule has 1 heterocycles. The Morgan fingerprint density at radius 1 is 1.53 bits per heavy atom. The molecule has 90 valence electrons. The summed E-state index contributed by atoms with van der Waals surface area (Å²) in [5.74, 6) is 0.663. The lowest BCUT2D eigenvalue weighted by molar-refractivity contribution is -0.0153. The first-order valence-corrected chi connectivity index (χ1v) is 6.16. The van der Waals surface area contributed by atoms with Crippen LogP contribution in [-0.2, 0) is 0 Å². The van der Waals surface area contributed by atoms with Gasteiger partial charge in [0.15, 0.2) is 0 Å². The molecular formula is C12H26N2O. The number of nitrogens with two attached hydrogens (primary N) is 1. The van der Waals surface area contributed by atoms with E-state index in [-0.39, 0.29) is 0 Å². The molecule has 15 heavy (non-hydrogen) atoms. The van der Waals surface area contributed by atoms with Crippen LogP contribution in [0.15, 0.2) is 0 Å². The van der Waals surface area contributed by atoms with Crippen LogP contribution in [0.5, 0.6) is 0 Å². The fraction of sp³-hybridized carbons (Fsp3) is 1.00. The van der Waals surface area contributed by atoms with Crippen LogP contribution in [0, 0.1) is 5.92 Å². The van der Waals surface area contributed by atoms with Crippen LogP contribution in [0.2, 0.25) is 0 Å². The van der Waals surface area contributed by atoms with Crippen LogP contribution < -0.4 is 5.73 Å². The van der Waals surface area contributed by atoms with Gasteiger partial charge in [0, 0.05) is 19.1 Å². The van der Waals surface area contributed by atoms with Gasteiger partial charge in [-0.15, -0.1) is 0 Å². The van der Waals surface area contributed by atoms with Crippen molar-refractivity contribution in [1.29, 1.82) is 0 Å². The summed E-state index contributed by atoms with van der Waals surface area (Å²) in [6, 6.07) is 0.455. The molecule has 0 aromatic rings. The molecule has 0 radical (unpaired) electrons. The zero-order valence-corrected chi connectivity index (χ0v) is 10.4. The molecule has 1 fully saturated rings. The molecule has 0 aromatic heterocycles. The van der Waals surface area contributed by atoms with Gasteiger partial charge in [0.2, 0.25) is 0 Å². The van der Waals surface area contributed by atoms with E-state index in [0.29, 0.717) is 18.5 Å². The van der Waals surface area contributed by atoms with Crippen molar-refractivity contribution in [3.8, 4) is 0 Å². The summed E-state index contributed by atoms with van der Waals surface area (Å²) >= 11 is 0. The van der Waals surface area contributed by atoms with Crippen molar-refractivity contribution < 1.29 is 5.11 Å². The van der Waals surface area contributed by atoms with Gasteiger partial charge < -0.3 is 10.8 Å². The maximum absolute atomic E-state index is 10.1. The van der Waals surface area contributed by atoms with E-state index in [9.17, 15) is 5.11 Å². The fourth-order valence-electron chi connectivity index (χ4n) is 2.46. The van der Waals surface area contributed by atoms with E-state index in [2.05, 4.69) is 11.8 Å². The molecule has 1 aliphatic rings. The van der Waals surface area contributed by atoms with Gasteiger partial charge in [-0.25, -0.2) is 0 Å². The largest absolute Gasteiger partial charge is 0.389 e. The lowest BCUT2D eigenvalue weighted by atomic mass is 9.89. The molecule has 0 bridgehead atoms. The molecule has 3 atom stereocenters. The summed E-state index contributed by atoms with van der Waals surface area (Å²) in [6.07, 6.45) is 3.30. The Kier molecular flexibility index (Phi) is 4.56. The Hall–Kier alpha value is -0.120. The molecule has 0 amide bonds. The molecule has 1 aliphatic heterocycles. The minimum Gasteiger partial charge on any atom is -0.389 e. The van der Waals surface area contributed by atoms with Crippen LogP contribution in [0.25, 0.3) is 0 Å². The molecular weight excluding hydrogens is 188 g/mol. The predicted octanol–water partition coefficient (Wildman–Crippen LogP) is 1.21. The van der Waals surface area contributed by atoms with Crippen LogP contribution >= 0.6 is 0 Å². The quantitative estimate of drug-likeness (QED) is 0.739. The van der Waals surface area contributed by atoms with E-state index in [4.69, 9.17) is 5.73 Å². The lowest BCUT2D eigenvalue weighted by Gasteiger charge is -2.42. The molecule has 0 saturated carbocycles. The van der Waals surface area contributed by atoms with Crippen LogP contribution in [0.3, 0.4) is 0 Å². The highest BCUT2D eigenvalue weighted by atomic mass is 16.3. The van der Waals surface area contributed by atoms with Crippen molar-refractivity contribution in [1.82, 2.24) is 4.90 Å². The smallest absolute Gasteiger partial charge is 0.0743 e. The fourth-order valence-corrected chi connectivity index (χ4v) is 2.46. The molecule has 1 saturated heterocycles. The van der Waals surface area contributed by atoms with E-state index in [0.717, 1.165) is 19.5 Å². The summed E-state index contributed by atoms with van der Waals surface area (Å²) in [5, 5.41) is 10.1.